The number of amides is 2. The molecule has 0 aliphatic heterocycles. The molecule has 2 amide bonds. The summed E-state index contributed by atoms with van der Waals surface area (Å²) in [6.45, 7) is 5.48. The van der Waals surface area contributed by atoms with E-state index in [4.69, 9.17) is 0 Å². The maximum absolute atomic E-state index is 14.5. The smallest absolute Gasteiger partial charge is 0.242 e. The summed E-state index contributed by atoms with van der Waals surface area (Å²) < 4.78 is 41.0. The zero-order valence-corrected chi connectivity index (χ0v) is 23.7. The molecular weight excluding hydrogens is 505 g/mol. The molecule has 1 N–H and O–H groups in total. The Morgan fingerprint density at radius 3 is 2.42 bits per heavy atom. The minimum Gasteiger partial charge on any atom is -0.352 e. The van der Waals surface area contributed by atoms with E-state index >= 15 is 0 Å². The standard InChI is InChI=1S/C29H40FN3O4S/c1-21-16-17-22(2)27(19-21)33(38(4,36)37)18-10-15-28(34)32(20-24-11-8-9-14-26(24)30)23(3)29(35)31-25-12-6-5-7-13-25/h8-9,11,14,16-17,19,23,25H,5-7,10,12-13,15,18,20H2,1-4H3,(H,31,35). The van der Waals surface area contributed by atoms with Crippen LogP contribution in [0.3, 0.4) is 0 Å². The average Bonchev–Trinajstić information content (AvgIpc) is 2.87. The number of anilines is 1. The molecule has 1 atom stereocenters. The van der Waals surface area contributed by atoms with E-state index < -0.39 is 21.9 Å². The van der Waals surface area contributed by atoms with Crippen molar-refractivity contribution in [3.63, 3.8) is 0 Å². The summed E-state index contributed by atoms with van der Waals surface area (Å²) in [5, 5.41) is 3.07. The molecule has 2 aromatic rings. The summed E-state index contributed by atoms with van der Waals surface area (Å²) in [7, 11) is -3.58. The molecular formula is C29H40FN3O4S. The van der Waals surface area contributed by atoms with Gasteiger partial charge < -0.3 is 10.2 Å². The van der Waals surface area contributed by atoms with Crippen molar-refractivity contribution >= 4 is 27.5 Å². The number of sulfonamides is 1. The number of hydrogen-bond donors (Lipinski definition) is 1. The fourth-order valence-electron chi connectivity index (χ4n) is 4.93. The van der Waals surface area contributed by atoms with E-state index in [1.54, 1.807) is 25.1 Å². The minimum absolute atomic E-state index is 0.0202. The summed E-state index contributed by atoms with van der Waals surface area (Å²) in [5.74, 6) is -1.02. The monoisotopic (exact) mass is 545 g/mol. The van der Waals surface area contributed by atoms with Crippen LogP contribution in [0.1, 0.15) is 68.6 Å². The number of nitrogens with one attached hydrogen (secondary N) is 1. The van der Waals surface area contributed by atoms with Gasteiger partial charge in [0.05, 0.1) is 11.9 Å². The number of rotatable bonds is 11. The zero-order chi connectivity index (χ0) is 27.9. The quantitative estimate of drug-likeness (QED) is 0.437. The van der Waals surface area contributed by atoms with Crippen molar-refractivity contribution in [1.82, 2.24) is 10.2 Å². The number of carbonyl (C=O) groups excluding carboxylic acids is 2. The van der Waals surface area contributed by atoms with Gasteiger partial charge in [0.15, 0.2) is 0 Å². The van der Waals surface area contributed by atoms with Crippen LogP contribution in [-0.4, -0.2) is 50.0 Å². The van der Waals surface area contributed by atoms with Crippen LogP contribution in [0, 0.1) is 19.7 Å². The molecule has 3 rings (SSSR count). The summed E-state index contributed by atoms with van der Waals surface area (Å²) in [4.78, 5) is 28.0. The van der Waals surface area contributed by atoms with Crippen molar-refractivity contribution < 1.29 is 22.4 Å². The topological polar surface area (TPSA) is 86.8 Å². The van der Waals surface area contributed by atoms with Crippen LogP contribution in [-0.2, 0) is 26.2 Å². The Morgan fingerprint density at radius 2 is 1.76 bits per heavy atom. The lowest BCUT2D eigenvalue weighted by atomic mass is 9.95. The van der Waals surface area contributed by atoms with E-state index in [-0.39, 0.29) is 43.8 Å². The largest absolute Gasteiger partial charge is 0.352 e. The first kappa shape index (κ1) is 29.6. The van der Waals surface area contributed by atoms with E-state index in [0.29, 0.717) is 11.3 Å². The summed E-state index contributed by atoms with van der Waals surface area (Å²) in [6, 6.07) is 11.1. The molecule has 9 heteroatoms. The number of nitrogens with zero attached hydrogens (tertiary/aromatic N) is 2. The molecule has 1 fully saturated rings. The second kappa shape index (κ2) is 13.2. The lowest BCUT2D eigenvalue weighted by Crippen LogP contribution is -2.50. The van der Waals surface area contributed by atoms with Gasteiger partial charge in [0.2, 0.25) is 21.8 Å². The number of aryl methyl sites for hydroxylation is 2. The summed E-state index contributed by atoms with van der Waals surface area (Å²) >= 11 is 0. The van der Waals surface area contributed by atoms with Crippen molar-refractivity contribution in [2.45, 2.75) is 84.3 Å². The van der Waals surface area contributed by atoms with Gasteiger partial charge in [-0.2, -0.15) is 0 Å². The first-order chi connectivity index (χ1) is 18.0. The SMILES string of the molecule is Cc1ccc(C)c(N(CCCC(=O)N(Cc2ccccc2F)C(C)C(=O)NC2CCCCC2)S(C)(=O)=O)c1. The van der Waals surface area contributed by atoms with E-state index in [9.17, 15) is 22.4 Å². The number of halogens is 1. The minimum atomic E-state index is -3.58. The second-order valence-corrected chi connectivity index (χ2v) is 12.3. The second-order valence-electron chi connectivity index (χ2n) is 10.4. The molecule has 0 heterocycles. The van der Waals surface area contributed by atoms with Crippen molar-refractivity contribution in [1.29, 1.82) is 0 Å². The maximum Gasteiger partial charge on any atom is 0.242 e. The van der Waals surface area contributed by atoms with E-state index in [1.807, 2.05) is 32.0 Å². The van der Waals surface area contributed by atoms with Gasteiger partial charge >= 0.3 is 0 Å². The van der Waals surface area contributed by atoms with Crippen molar-refractivity contribution in [3.8, 4) is 0 Å². The predicted octanol–water partition coefficient (Wildman–Crippen LogP) is 4.85. The first-order valence-corrected chi connectivity index (χ1v) is 15.2. The van der Waals surface area contributed by atoms with E-state index in [0.717, 1.165) is 49.5 Å². The van der Waals surface area contributed by atoms with Crippen LogP contribution in [0.4, 0.5) is 10.1 Å². The fourth-order valence-corrected chi connectivity index (χ4v) is 5.95. The van der Waals surface area contributed by atoms with Gasteiger partial charge in [-0.15, -0.1) is 0 Å². The van der Waals surface area contributed by atoms with Crippen molar-refractivity contribution in [2.24, 2.45) is 0 Å². The highest BCUT2D eigenvalue weighted by molar-refractivity contribution is 7.92. The van der Waals surface area contributed by atoms with E-state index in [1.165, 1.54) is 15.3 Å². The summed E-state index contributed by atoms with van der Waals surface area (Å²) in [5.41, 5.74) is 2.67. The van der Waals surface area contributed by atoms with Crippen LogP contribution in [0.5, 0.6) is 0 Å². The Balaban J connectivity index is 1.75. The molecule has 0 aromatic heterocycles. The molecule has 1 saturated carbocycles. The molecule has 38 heavy (non-hydrogen) atoms. The normalized spacial score (nSPS) is 15.1. The van der Waals surface area contributed by atoms with Gasteiger partial charge in [-0.05, 0) is 63.3 Å². The zero-order valence-electron chi connectivity index (χ0n) is 22.9. The highest BCUT2D eigenvalue weighted by atomic mass is 32.2. The van der Waals surface area contributed by atoms with Crippen LogP contribution in [0.15, 0.2) is 42.5 Å². The molecule has 2 aromatic carbocycles. The van der Waals surface area contributed by atoms with Crippen LogP contribution >= 0.6 is 0 Å². The Morgan fingerprint density at radius 1 is 1.08 bits per heavy atom. The lowest BCUT2D eigenvalue weighted by Gasteiger charge is -2.31. The van der Waals surface area contributed by atoms with Crippen LogP contribution in [0.25, 0.3) is 0 Å². The Labute approximate surface area is 226 Å². The fraction of sp³-hybridized carbons (Fsp3) is 0.517. The number of benzene rings is 2. The molecule has 0 bridgehead atoms. The number of hydrogen-bond acceptors (Lipinski definition) is 4. The van der Waals surface area contributed by atoms with Gasteiger partial charge in [0.1, 0.15) is 11.9 Å². The lowest BCUT2D eigenvalue weighted by molar-refractivity contribution is -0.141. The maximum atomic E-state index is 14.5. The van der Waals surface area contributed by atoms with Crippen LogP contribution in [0.2, 0.25) is 0 Å². The molecule has 1 aliphatic carbocycles. The third-order valence-electron chi connectivity index (χ3n) is 7.20. The third kappa shape index (κ3) is 8.03. The molecule has 7 nitrogen and oxygen atoms in total. The van der Waals surface area contributed by atoms with Crippen molar-refractivity contribution in [2.75, 3.05) is 17.1 Å². The van der Waals surface area contributed by atoms with E-state index in [2.05, 4.69) is 5.32 Å². The highest BCUT2D eigenvalue weighted by Gasteiger charge is 2.29. The van der Waals surface area contributed by atoms with Gasteiger partial charge in [-0.25, -0.2) is 12.8 Å². The molecule has 0 radical (unpaired) electrons. The molecule has 1 unspecified atom stereocenters. The number of carbonyl (C=O) groups is 2. The molecule has 208 valence electrons. The van der Waals surface area contributed by atoms with Gasteiger partial charge in [0.25, 0.3) is 0 Å². The average molecular weight is 546 g/mol. The predicted molar refractivity (Wildman–Crippen MR) is 149 cm³/mol. The van der Waals surface area contributed by atoms with Gasteiger partial charge in [-0.3, -0.25) is 13.9 Å². The van der Waals surface area contributed by atoms with Crippen molar-refractivity contribution in [3.05, 3.63) is 65.0 Å². The first-order valence-electron chi connectivity index (χ1n) is 13.4. The summed E-state index contributed by atoms with van der Waals surface area (Å²) in [6.07, 6.45) is 6.54. The van der Waals surface area contributed by atoms with Gasteiger partial charge in [0, 0.05) is 31.1 Å². The Bertz CT molecular complexity index is 1230. The van der Waals surface area contributed by atoms with Crippen LogP contribution < -0.4 is 9.62 Å². The van der Waals surface area contributed by atoms with Gasteiger partial charge in [-0.1, -0.05) is 49.6 Å². The Kier molecular flexibility index (Phi) is 10.3. The molecule has 0 spiro atoms. The molecule has 0 saturated heterocycles. The molecule has 1 aliphatic rings. The third-order valence-corrected chi connectivity index (χ3v) is 8.38. The Hall–Kier alpha value is -2.94. The highest BCUT2D eigenvalue weighted by Crippen LogP contribution is 2.25.